The van der Waals surface area contributed by atoms with E-state index in [0.29, 0.717) is 5.75 Å². The second-order valence-electron chi connectivity index (χ2n) is 5.24. The monoisotopic (exact) mass is 308 g/mol. The van der Waals surface area contributed by atoms with Gasteiger partial charge in [0.05, 0.1) is 5.75 Å². The Morgan fingerprint density at radius 1 is 1.24 bits per heavy atom. The molecular weight excluding hydrogens is 280 g/mol. The van der Waals surface area contributed by atoms with Gasteiger partial charge in [-0.05, 0) is 51.5 Å². The van der Waals surface area contributed by atoms with Crippen LogP contribution in [0.25, 0.3) is 0 Å². The molecule has 0 spiro atoms. The first-order chi connectivity index (χ1) is 10.2. The van der Waals surface area contributed by atoms with Crippen molar-refractivity contribution < 1.29 is 4.79 Å². The molecule has 1 amide bonds. The zero-order valence-electron chi connectivity index (χ0n) is 13.5. The normalized spacial score (nSPS) is 12.4. The van der Waals surface area contributed by atoms with Crippen molar-refractivity contribution in [1.82, 2.24) is 10.2 Å². The lowest BCUT2D eigenvalue weighted by Gasteiger charge is -2.19. The van der Waals surface area contributed by atoms with Gasteiger partial charge in [0.2, 0.25) is 5.91 Å². The Morgan fingerprint density at radius 3 is 2.52 bits per heavy atom. The van der Waals surface area contributed by atoms with Crippen LogP contribution in [0.4, 0.5) is 0 Å². The van der Waals surface area contributed by atoms with Gasteiger partial charge >= 0.3 is 0 Å². The van der Waals surface area contributed by atoms with E-state index in [1.807, 2.05) is 30.3 Å². The lowest BCUT2D eigenvalue weighted by molar-refractivity contribution is -0.119. The van der Waals surface area contributed by atoms with Crippen molar-refractivity contribution in [3.8, 4) is 0 Å². The summed E-state index contributed by atoms with van der Waals surface area (Å²) in [6.45, 7) is 9.79. The third-order valence-electron chi connectivity index (χ3n) is 3.53. The van der Waals surface area contributed by atoms with Gasteiger partial charge in [-0.15, -0.1) is 11.8 Å². The van der Waals surface area contributed by atoms with Crippen LogP contribution in [0.5, 0.6) is 0 Å². The van der Waals surface area contributed by atoms with E-state index >= 15 is 0 Å². The first-order valence-corrected chi connectivity index (χ1v) is 8.83. The van der Waals surface area contributed by atoms with Crippen LogP contribution >= 0.6 is 11.8 Å². The van der Waals surface area contributed by atoms with Crippen molar-refractivity contribution in [1.29, 1.82) is 0 Å². The molecule has 0 heterocycles. The van der Waals surface area contributed by atoms with Gasteiger partial charge in [0.1, 0.15) is 0 Å². The van der Waals surface area contributed by atoms with Crippen LogP contribution in [0.1, 0.15) is 33.6 Å². The fraction of sp³-hybridized carbons (Fsp3) is 0.588. The van der Waals surface area contributed by atoms with Crippen molar-refractivity contribution >= 4 is 17.7 Å². The summed E-state index contributed by atoms with van der Waals surface area (Å²) in [7, 11) is 0. The van der Waals surface area contributed by atoms with Gasteiger partial charge in [-0.2, -0.15) is 0 Å². The molecule has 1 unspecified atom stereocenters. The van der Waals surface area contributed by atoms with Gasteiger partial charge in [-0.1, -0.05) is 32.0 Å². The molecule has 0 aliphatic heterocycles. The van der Waals surface area contributed by atoms with E-state index in [9.17, 15) is 4.79 Å². The zero-order valence-corrected chi connectivity index (χ0v) is 14.3. The van der Waals surface area contributed by atoms with Gasteiger partial charge in [-0.25, -0.2) is 0 Å². The Balaban J connectivity index is 2.15. The number of nitrogens with one attached hydrogen (secondary N) is 1. The fourth-order valence-corrected chi connectivity index (χ4v) is 2.95. The SMILES string of the molecule is CCN(CC)CCCC(C)NC(=O)CSc1ccccc1. The highest BCUT2D eigenvalue weighted by atomic mass is 32.2. The first kappa shape index (κ1) is 18.1. The summed E-state index contributed by atoms with van der Waals surface area (Å²) in [6, 6.07) is 10.3. The number of thioether (sulfide) groups is 1. The van der Waals surface area contributed by atoms with E-state index in [4.69, 9.17) is 0 Å². The summed E-state index contributed by atoms with van der Waals surface area (Å²) in [5, 5.41) is 3.08. The Bertz CT molecular complexity index is 393. The minimum atomic E-state index is 0.124. The molecule has 0 saturated heterocycles. The number of benzene rings is 1. The lowest BCUT2D eigenvalue weighted by Crippen LogP contribution is -2.34. The number of carbonyl (C=O) groups is 1. The molecule has 0 aliphatic rings. The number of hydrogen-bond donors (Lipinski definition) is 1. The first-order valence-electron chi connectivity index (χ1n) is 7.85. The zero-order chi connectivity index (χ0) is 15.5. The Morgan fingerprint density at radius 2 is 1.90 bits per heavy atom. The third kappa shape index (κ3) is 8.12. The molecule has 1 aromatic carbocycles. The summed E-state index contributed by atoms with van der Waals surface area (Å²) in [6.07, 6.45) is 2.17. The predicted octanol–water partition coefficient (Wildman–Crippen LogP) is 3.41. The van der Waals surface area contributed by atoms with Crippen molar-refractivity contribution in [3.05, 3.63) is 30.3 Å². The number of hydrogen-bond acceptors (Lipinski definition) is 3. The van der Waals surface area contributed by atoms with Crippen LogP contribution in [-0.4, -0.2) is 42.2 Å². The quantitative estimate of drug-likeness (QED) is 0.672. The highest BCUT2D eigenvalue weighted by Crippen LogP contribution is 2.16. The number of amides is 1. The predicted molar refractivity (Wildman–Crippen MR) is 91.8 cm³/mol. The molecule has 1 rings (SSSR count). The minimum Gasteiger partial charge on any atom is -0.353 e. The van der Waals surface area contributed by atoms with Crippen LogP contribution in [0.3, 0.4) is 0 Å². The third-order valence-corrected chi connectivity index (χ3v) is 4.54. The van der Waals surface area contributed by atoms with Crippen LogP contribution in [-0.2, 0) is 4.79 Å². The van der Waals surface area contributed by atoms with E-state index in [1.165, 1.54) is 0 Å². The molecule has 1 aromatic rings. The molecule has 0 fully saturated rings. The molecule has 0 saturated carbocycles. The largest absolute Gasteiger partial charge is 0.353 e. The maximum Gasteiger partial charge on any atom is 0.230 e. The molecule has 21 heavy (non-hydrogen) atoms. The maximum atomic E-state index is 11.9. The highest BCUT2D eigenvalue weighted by molar-refractivity contribution is 8.00. The van der Waals surface area contributed by atoms with Gasteiger partial charge in [0, 0.05) is 10.9 Å². The summed E-state index contributed by atoms with van der Waals surface area (Å²) in [5.74, 6) is 0.615. The van der Waals surface area contributed by atoms with Crippen LogP contribution in [0.15, 0.2) is 35.2 Å². The topological polar surface area (TPSA) is 32.3 Å². The molecule has 1 N–H and O–H groups in total. The lowest BCUT2D eigenvalue weighted by atomic mass is 10.2. The van der Waals surface area contributed by atoms with Crippen molar-refractivity contribution in [3.63, 3.8) is 0 Å². The Kier molecular flexibility index (Phi) is 9.19. The molecule has 4 heteroatoms. The van der Waals surface area contributed by atoms with Crippen LogP contribution in [0.2, 0.25) is 0 Å². The Labute approximate surface area is 133 Å². The fourth-order valence-electron chi connectivity index (χ4n) is 2.22. The van der Waals surface area contributed by atoms with E-state index in [-0.39, 0.29) is 11.9 Å². The molecule has 0 aliphatic carbocycles. The standard InChI is InChI=1S/C17H28N2OS/c1-4-19(5-2)13-9-10-15(3)18-17(20)14-21-16-11-7-6-8-12-16/h6-8,11-12,15H,4-5,9-10,13-14H2,1-3H3,(H,18,20). The molecule has 118 valence electrons. The van der Waals surface area contributed by atoms with E-state index in [1.54, 1.807) is 11.8 Å². The minimum absolute atomic E-state index is 0.124. The van der Waals surface area contributed by atoms with E-state index in [0.717, 1.165) is 37.4 Å². The van der Waals surface area contributed by atoms with Gasteiger partial charge < -0.3 is 10.2 Å². The second-order valence-corrected chi connectivity index (χ2v) is 6.29. The number of nitrogens with zero attached hydrogens (tertiary/aromatic N) is 1. The smallest absolute Gasteiger partial charge is 0.230 e. The molecule has 0 radical (unpaired) electrons. The molecule has 1 atom stereocenters. The summed E-state index contributed by atoms with van der Waals surface area (Å²) >= 11 is 1.59. The van der Waals surface area contributed by atoms with Gasteiger partial charge in [0.15, 0.2) is 0 Å². The van der Waals surface area contributed by atoms with Gasteiger partial charge in [-0.3, -0.25) is 4.79 Å². The van der Waals surface area contributed by atoms with E-state index < -0.39 is 0 Å². The summed E-state index contributed by atoms with van der Waals surface area (Å²) in [4.78, 5) is 15.5. The summed E-state index contributed by atoms with van der Waals surface area (Å²) in [5.41, 5.74) is 0. The number of carbonyl (C=O) groups excluding carboxylic acids is 1. The molecular formula is C17H28N2OS. The average Bonchev–Trinajstić information content (AvgIpc) is 2.50. The van der Waals surface area contributed by atoms with Crippen LogP contribution < -0.4 is 5.32 Å². The van der Waals surface area contributed by atoms with Crippen molar-refractivity contribution in [2.45, 2.75) is 44.6 Å². The average molecular weight is 308 g/mol. The van der Waals surface area contributed by atoms with Crippen molar-refractivity contribution in [2.24, 2.45) is 0 Å². The highest BCUT2D eigenvalue weighted by Gasteiger charge is 2.08. The maximum absolute atomic E-state index is 11.9. The second kappa shape index (κ2) is 10.7. The molecule has 3 nitrogen and oxygen atoms in total. The Hall–Kier alpha value is -1.00. The van der Waals surface area contributed by atoms with Gasteiger partial charge in [0.25, 0.3) is 0 Å². The molecule has 0 aromatic heterocycles. The number of rotatable bonds is 10. The van der Waals surface area contributed by atoms with E-state index in [2.05, 4.69) is 31.0 Å². The van der Waals surface area contributed by atoms with Crippen LogP contribution in [0, 0.1) is 0 Å². The molecule has 0 bridgehead atoms. The van der Waals surface area contributed by atoms with Crippen molar-refractivity contribution in [2.75, 3.05) is 25.4 Å². The summed E-state index contributed by atoms with van der Waals surface area (Å²) < 4.78 is 0.